The first kappa shape index (κ1) is 13.5. The molecule has 0 atom stereocenters. The number of benzene rings is 1. The molecule has 0 aliphatic carbocycles. The summed E-state index contributed by atoms with van der Waals surface area (Å²) in [5, 5.41) is 2.94. The van der Waals surface area contributed by atoms with Gasteiger partial charge in [0.15, 0.2) is 0 Å². The molecule has 0 saturated carbocycles. The smallest absolute Gasteiger partial charge is 0.254 e. The zero-order valence-corrected chi connectivity index (χ0v) is 11.0. The largest absolute Gasteiger partial charge is 0.348 e. The number of aryl methyl sites for hydroxylation is 1. The molecule has 0 saturated heterocycles. The maximum absolute atomic E-state index is 13.4. The highest BCUT2D eigenvalue weighted by molar-refractivity contribution is 6.33. The first-order valence-electron chi connectivity index (χ1n) is 5.71. The quantitative estimate of drug-likeness (QED) is 0.937. The molecule has 1 aromatic heterocycles. The maximum atomic E-state index is 13.4. The number of nitrogens with one attached hydrogen (secondary N) is 1. The Balaban J connectivity index is 2.08. The summed E-state index contributed by atoms with van der Waals surface area (Å²) in [5.74, 6) is -0.725. The number of aromatic nitrogens is 1. The zero-order chi connectivity index (χ0) is 13.8. The van der Waals surface area contributed by atoms with Crippen molar-refractivity contribution in [3.8, 4) is 0 Å². The van der Waals surface area contributed by atoms with Crippen molar-refractivity contribution in [1.29, 1.82) is 0 Å². The number of pyridine rings is 1. The molecule has 1 aromatic carbocycles. The Morgan fingerprint density at radius 2 is 2.16 bits per heavy atom. The molecule has 1 heterocycles. The summed E-state index contributed by atoms with van der Waals surface area (Å²) in [6.45, 7) is 1.89. The van der Waals surface area contributed by atoms with Gasteiger partial charge in [0.2, 0.25) is 0 Å². The number of nitrogens with zero attached hydrogens (tertiary/aromatic N) is 1. The molecule has 0 aliphatic heterocycles. The van der Waals surface area contributed by atoms with Gasteiger partial charge < -0.3 is 5.32 Å². The Labute approximate surface area is 115 Å². The van der Waals surface area contributed by atoms with Crippen LogP contribution in [0.15, 0.2) is 36.5 Å². The van der Waals surface area contributed by atoms with Crippen molar-refractivity contribution in [1.82, 2.24) is 10.3 Å². The minimum Gasteiger partial charge on any atom is -0.348 e. The van der Waals surface area contributed by atoms with Gasteiger partial charge in [-0.25, -0.2) is 4.39 Å². The number of halogens is 2. The molecule has 0 fully saturated rings. The van der Waals surface area contributed by atoms with E-state index in [0.717, 1.165) is 5.69 Å². The lowest BCUT2D eigenvalue weighted by Crippen LogP contribution is -2.23. The molecule has 2 aromatic rings. The van der Waals surface area contributed by atoms with Crippen LogP contribution in [0.4, 0.5) is 4.39 Å². The summed E-state index contributed by atoms with van der Waals surface area (Å²) in [5.41, 5.74) is 1.44. The Hall–Kier alpha value is -1.94. The third-order valence-corrected chi connectivity index (χ3v) is 2.94. The van der Waals surface area contributed by atoms with Crippen molar-refractivity contribution in [2.75, 3.05) is 0 Å². The maximum Gasteiger partial charge on any atom is 0.254 e. The Bertz CT molecular complexity index is 616. The van der Waals surface area contributed by atoms with Crippen molar-refractivity contribution < 1.29 is 9.18 Å². The fourth-order valence-electron chi connectivity index (χ4n) is 1.61. The normalized spacial score (nSPS) is 10.3. The van der Waals surface area contributed by atoms with Crippen LogP contribution in [0.25, 0.3) is 0 Å². The highest BCUT2D eigenvalue weighted by Crippen LogP contribution is 2.15. The molecule has 98 valence electrons. The van der Waals surface area contributed by atoms with E-state index in [4.69, 9.17) is 11.6 Å². The van der Waals surface area contributed by atoms with Crippen LogP contribution < -0.4 is 5.32 Å². The molecule has 5 heteroatoms. The standard InChI is InChI=1S/C14H12ClFN2O/c1-9-6-12(15)11(8-17-9)14(19)18-7-10-4-2-3-5-13(10)16/h2-6,8H,7H2,1H3,(H,18,19). The number of rotatable bonds is 3. The Morgan fingerprint density at radius 3 is 2.84 bits per heavy atom. The van der Waals surface area contributed by atoms with Gasteiger partial charge in [-0.05, 0) is 19.1 Å². The van der Waals surface area contributed by atoms with Crippen molar-refractivity contribution in [3.63, 3.8) is 0 Å². The van der Waals surface area contributed by atoms with Crippen LogP contribution >= 0.6 is 11.6 Å². The zero-order valence-electron chi connectivity index (χ0n) is 10.3. The molecule has 0 bridgehead atoms. The van der Waals surface area contributed by atoms with E-state index < -0.39 is 0 Å². The van der Waals surface area contributed by atoms with Gasteiger partial charge in [0.25, 0.3) is 5.91 Å². The summed E-state index contributed by atoms with van der Waals surface area (Å²) in [4.78, 5) is 15.9. The minimum atomic E-state index is -0.374. The second-order valence-corrected chi connectivity index (χ2v) is 4.49. The number of carbonyl (C=O) groups excluding carboxylic acids is 1. The molecule has 1 amide bonds. The molecule has 0 spiro atoms. The van der Waals surface area contributed by atoms with E-state index in [0.29, 0.717) is 10.6 Å². The van der Waals surface area contributed by atoms with Gasteiger partial charge in [-0.15, -0.1) is 0 Å². The minimum absolute atomic E-state index is 0.107. The molecule has 2 rings (SSSR count). The third-order valence-electron chi connectivity index (χ3n) is 2.63. The fraction of sp³-hybridized carbons (Fsp3) is 0.143. The van der Waals surface area contributed by atoms with E-state index in [9.17, 15) is 9.18 Å². The van der Waals surface area contributed by atoms with E-state index >= 15 is 0 Å². The molecule has 19 heavy (non-hydrogen) atoms. The van der Waals surface area contributed by atoms with Crippen LogP contribution in [-0.2, 0) is 6.54 Å². The van der Waals surface area contributed by atoms with Gasteiger partial charge >= 0.3 is 0 Å². The average molecular weight is 279 g/mol. The summed E-state index contributed by atoms with van der Waals surface area (Å²) in [6, 6.07) is 7.89. The summed E-state index contributed by atoms with van der Waals surface area (Å²) in [6.07, 6.45) is 1.41. The highest BCUT2D eigenvalue weighted by Gasteiger charge is 2.11. The average Bonchev–Trinajstić information content (AvgIpc) is 2.37. The van der Waals surface area contributed by atoms with Crippen LogP contribution in [0, 0.1) is 12.7 Å². The summed E-state index contributed by atoms with van der Waals surface area (Å²) < 4.78 is 13.4. The van der Waals surface area contributed by atoms with Crippen molar-refractivity contribution >= 4 is 17.5 Å². The Kier molecular flexibility index (Phi) is 4.12. The summed E-state index contributed by atoms with van der Waals surface area (Å²) >= 11 is 5.96. The topological polar surface area (TPSA) is 42.0 Å². The number of carbonyl (C=O) groups is 1. The molecule has 1 N–H and O–H groups in total. The summed E-state index contributed by atoms with van der Waals surface area (Å²) in [7, 11) is 0. The SMILES string of the molecule is Cc1cc(Cl)c(C(=O)NCc2ccccc2F)cn1. The van der Waals surface area contributed by atoms with E-state index in [1.807, 2.05) is 0 Å². The number of hydrogen-bond acceptors (Lipinski definition) is 2. The number of hydrogen-bond donors (Lipinski definition) is 1. The van der Waals surface area contributed by atoms with Gasteiger partial charge in [-0.3, -0.25) is 9.78 Å². The fourth-order valence-corrected chi connectivity index (χ4v) is 1.90. The van der Waals surface area contributed by atoms with Gasteiger partial charge in [0.05, 0.1) is 10.6 Å². The van der Waals surface area contributed by atoms with Gasteiger partial charge in [-0.1, -0.05) is 29.8 Å². The second kappa shape index (κ2) is 5.80. The molecule has 3 nitrogen and oxygen atoms in total. The van der Waals surface area contributed by atoms with Crippen molar-refractivity contribution in [2.45, 2.75) is 13.5 Å². The predicted octanol–water partition coefficient (Wildman–Crippen LogP) is 3.11. The van der Waals surface area contributed by atoms with Crippen LogP contribution in [0.2, 0.25) is 5.02 Å². The van der Waals surface area contributed by atoms with Crippen LogP contribution in [0.5, 0.6) is 0 Å². The van der Waals surface area contributed by atoms with Crippen molar-refractivity contribution in [3.05, 3.63) is 64.2 Å². The van der Waals surface area contributed by atoms with Crippen LogP contribution in [-0.4, -0.2) is 10.9 Å². The first-order chi connectivity index (χ1) is 9.08. The van der Waals surface area contributed by atoms with E-state index in [-0.39, 0.29) is 23.8 Å². The molecule has 0 radical (unpaired) electrons. The van der Waals surface area contributed by atoms with Crippen LogP contribution in [0.3, 0.4) is 0 Å². The molecular weight excluding hydrogens is 267 g/mol. The second-order valence-electron chi connectivity index (χ2n) is 4.08. The van der Waals surface area contributed by atoms with Gasteiger partial charge in [-0.2, -0.15) is 0 Å². The first-order valence-corrected chi connectivity index (χ1v) is 6.09. The van der Waals surface area contributed by atoms with Crippen LogP contribution in [0.1, 0.15) is 21.6 Å². The number of amides is 1. The highest BCUT2D eigenvalue weighted by atomic mass is 35.5. The van der Waals surface area contributed by atoms with E-state index in [2.05, 4.69) is 10.3 Å². The van der Waals surface area contributed by atoms with Gasteiger partial charge in [0.1, 0.15) is 5.82 Å². The lowest BCUT2D eigenvalue weighted by atomic mass is 10.2. The molecule has 0 aliphatic rings. The molecular formula is C14H12ClFN2O. The lowest BCUT2D eigenvalue weighted by molar-refractivity contribution is 0.0950. The predicted molar refractivity (Wildman–Crippen MR) is 71.6 cm³/mol. The van der Waals surface area contributed by atoms with Crippen molar-refractivity contribution in [2.24, 2.45) is 0 Å². The Morgan fingerprint density at radius 1 is 1.42 bits per heavy atom. The van der Waals surface area contributed by atoms with E-state index in [1.54, 1.807) is 31.2 Å². The monoisotopic (exact) mass is 278 g/mol. The van der Waals surface area contributed by atoms with E-state index in [1.165, 1.54) is 12.3 Å². The van der Waals surface area contributed by atoms with Gasteiger partial charge in [0, 0.05) is 24.0 Å². The lowest BCUT2D eigenvalue weighted by Gasteiger charge is -2.07. The molecule has 0 unspecified atom stereocenters. The third kappa shape index (κ3) is 3.29.